The van der Waals surface area contributed by atoms with Crippen LogP contribution in [0.4, 0.5) is 0 Å². The molecule has 3 rings (SSSR count). The van der Waals surface area contributed by atoms with Crippen LogP contribution in [0.5, 0.6) is 11.5 Å². The van der Waals surface area contributed by atoms with Crippen LogP contribution in [-0.4, -0.2) is 21.6 Å². The Labute approximate surface area is 126 Å². The van der Waals surface area contributed by atoms with E-state index in [1.54, 1.807) is 31.4 Å². The molecule has 0 unspecified atom stereocenters. The Morgan fingerprint density at radius 1 is 1.43 bits per heavy atom. The van der Waals surface area contributed by atoms with Gasteiger partial charge in [-0.05, 0) is 19.1 Å². The summed E-state index contributed by atoms with van der Waals surface area (Å²) in [6.07, 6.45) is 3.30. The lowest BCUT2D eigenvalue weighted by molar-refractivity contribution is 0.189. The smallest absolute Gasteiger partial charge is 0.193 e. The minimum Gasteiger partial charge on any atom is -0.497 e. The average molecular weight is 304 g/mol. The number of thiazole rings is 1. The van der Waals surface area contributed by atoms with Crippen molar-refractivity contribution in [1.82, 2.24) is 9.38 Å². The van der Waals surface area contributed by atoms with Gasteiger partial charge in [0.25, 0.3) is 0 Å². The van der Waals surface area contributed by atoms with Gasteiger partial charge in [0.1, 0.15) is 18.1 Å². The van der Waals surface area contributed by atoms with Crippen LogP contribution in [0.15, 0.2) is 36.0 Å². The lowest BCUT2D eigenvalue weighted by atomic mass is 10.1. The van der Waals surface area contributed by atoms with Crippen LogP contribution in [0.1, 0.15) is 24.3 Å². The summed E-state index contributed by atoms with van der Waals surface area (Å²) in [5.41, 5.74) is 1.58. The van der Waals surface area contributed by atoms with Crippen molar-refractivity contribution in [3.05, 3.63) is 47.2 Å². The summed E-state index contributed by atoms with van der Waals surface area (Å²) in [5, 5.41) is 11.8. The second kappa shape index (κ2) is 5.75. The minimum absolute atomic E-state index is 0.348. The molecule has 5 nitrogen and oxygen atoms in total. The van der Waals surface area contributed by atoms with Gasteiger partial charge >= 0.3 is 0 Å². The summed E-state index contributed by atoms with van der Waals surface area (Å²) in [7, 11) is 1.60. The maximum Gasteiger partial charge on any atom is 0.193 e. The fourth-order valence-electron chi connectivity index (χ4n) is 2.11. The summed E-state index contributed by atoms with van der Waals surface area (Å²) < 4.78 is 13.0. The summed E-state index contributed by atoms with van der Waals surface area (Å²) in [4.78, 5) is 5.41. The van der Waals surface area contributed by atoms with Crippen molar-refractivity contribution >= 4 is 16.3 Å². The molecule has 0 aliphatic carbocycles. The van der Waals surface area contributed by atoms with Gasteiger partial charge in [0.2, 0.25) is 0 Å². The average Bonchev–Trinajstić information content (AvgIpc) is 3.05. The van der Waals surface area contributed by atoms with E-state index >= 15 is 0 Å². The third-order valence-electron chi connectivity index (χ3n) is 3.19. The van der Waals surface area contributed by atoms with E-state index in [1.807, 2.05) is 34.3 Å². The molecular weight excluding hydrogens is 288 g/mol. The highest BCUT2D eigenvalue weighted by Gasteiger charge is 2.12. The molecule has 0 bridgehead atoms. The zero-order chi connectivity index (χ0) is 14.8. The van der Waals surface area contributed by atoms with Gasteiger partial charge in [0, 0.05) is 29.4 Å². The van der Waals surface area contributed by atoms with Crippen LogP contribution in [0.2, 0.25) is 0 Å². The van der Waals surface area contributed by atoms with Crippen molar-refractivity contribution in [2.75, 3.05) is 7.11 Å². The monoisotopic (exact) mass is 304 g/mol. The highest BCUT2D eigenvalue weighted by Crippen LogP contribution is 2.30. The molecule has 0 aliphatic rings. The van der Waals surface area contributed by atoms with E-state index in [0.717, 1.165) is 16.2 Å². The summed E-state index contributed by atoms with van der Waals surface area (Å²) >= 11 is 1.58. The van der Waals surface area contributed by atoms with Gasteiger partial charge in [-0.25, -0.2) is 4.98 Å². The first-order valence-electron chi connectivity index (χ1n) is 6.57. The maximum atomic E-state index is 9.81. The SMILES string of the molecule is COc1ccc([C@@H](C)O)c(OCc2cn3ccsc3n2)c1. The fraction of sp³-hybridized carbons (Fsp3) is 0.267. The maximum absolute atomic E-state index is 9.81. The van der Waals surface area contributed by atoms with Crippen molar-refractivity contribution in [2.45, 2.75) is 19.6 Å². The van der Waals surface area contributed by atoms with E-state index in [-0.39, 0.29) is 0 Å². The topological polar surface area (TPSA) is 56.0 Å². The molecule has 1 atom stereocenters. The van der Waals surface area contributed by atoms with E-state index in [2.05, 4.69) is 4.98 Å². The lowest BCUT2D eigenvalue weighted by Crippen LogP contribution is -2.01. The van der Waals surface area contributed by atoms with Crippen LogP contribution in [0.3, 0.4) is 0 Å². The van der Waals surface area contributed by atoms with Crippen molar-refractivity contribution in [2.24, 2.45) is 0 Å². The molecule has 0 saturated carbocycles. The number of ether oxygens (including phenoxy) is 2. The molecule has 6 heteroatoms. The van der Waals surface area contributed by atoms with Crippen LogP contribution < -0.4 is 9.47 Å². The van der Waals surface area contributed by atoms with Gasteiger partial charge in [-0.3, -0.25) is 4.40 Å². The molecule has 0 saturated heterocycles. The van der Waals surface area contributed by atoms with E-state index in [0.29, 0.717) is 18.1 Å². The molecule has 2 aromatic heterocycles. The number of methoxy groups -OCH3 is 1. The number of benzene rings is 1. The number of aliphatic hydroxyl groups is 1. The van der Waals surface area contributed by atoms with Gasteiger partial charge in [-0.1, -0.05) is 0 Å². The van der Waals surface area contributed by atoms with Crippen LogP contribution in [0.25, 0.3) is 4.96 Å². The highest BCUT2D eigenvalue weighted by molar-refractivity contribution is 7.15. The number of imidazole rings is 1. The summed E-state index contributed by atoms with van der Waals surface area (Å²) in [6, 6.07) is 5.40. The Morgan fingerprint density at radius 2 is 2.29 bits per heavy atom. The van der Waals surface area contributed by atoms with Crippen LogP contribution >= 0.6 is 11.3 Å². The Kier molecular flexibility index (Phi) is 3.81. The molecule has 1 aromatic carbocycles. The first kappa shape index (κ1) is 13.9. The van der Waals surface area contributed by atoms with E-state index in [4.69, 9.17) is 9.47 Å². The summed E-state index contributed by atoms with van der Waals surface area (Å²) in [6.45, 7) is 2.06. The van der Waals surface area contributed by atoms with Crippen molar-refractivity contribution in [3.63, 3.8) is 0 Å². The molecule has 2 heterocycles. The number of aliphatic hydroxyl groups excluding tert-OH is 1. The number of aromatic nitrogens is 2. The van der Waals surface area contributed by atoms with Crippen molar-refractivity contribution < 1.29 is 14.6 Å². The van der Waals surface area contributed by atoms with E-state index in [1.165, 1.54) is 0 Å². The third-order valence-corrected chi connectivity index (χ3v) is 3.96. The normalized spacial score (nSPS) is 12.5. The standard InChI is InChI=1S/C15H16N2O3S/c1-10(18)13-4-3-12(19-2)7-14(13)20-9-11-8-17-5-6-21-15(17)16-11/h3-8,10,18H,9H2,1-2H3/t10-/m1/s1. The van der Waals surface area contributed by atoms with Crippen LogP contribution in [0, 0.1) is 0 Å². The van der Waals surface area contributed by atoms with Gasteiger partial charge in [0.05, 0.1) is 18.9 Å². The predicted octanol–water partition coefficient (Wildman–Crippen LogP) is 3.04. The fourth-order valence-corrected chi connectivity index (χ4v) is 2.83. The number of hydrogen-bond acceptors (Lipinski definition) is 5. The van der Waals surface area contributed by atoms with Crippen molar-refractivity contribution in [1.29, 1.82) is 0 Å². The minimum atomic E-state index is -0.601. The molecule has 110 valence electrons. The molecule has 0 spiro atoms. The number of fused-ring (bicyclic) bond motifs is 1. The van der Waals surface area contributed by atoms with Gasteiger partial charge in [0.15, 0.2) is 4.96 Å². The molecule has 0 aliphatic heterocycles. The molecule has 1 N–H and O–H groups in total. The van der Waals surface area contributed by atoms with E-state index in [9.17, 15) is 5.11 Å². The Morgan fingerprint density at radius 3 is 3.00 bits per heavy atom. The molecule has 21 heavy (non-hydrogen) atoms. The first-order valence-corrected chi connectivity index (χ1v) is 7.45. The van der Waals surface area contributed by atoms with Gasteiger partial charge in [-0.15, -0.1) is 11.3 Å². The zero-order valence-corrected chi connectivity index (χ0v) is 12.6. The number of rotatable bonds is 5. The zero-order valence-electron chi connectivity index (χ0n) is 11.8. The second-order valence-corrected chi connectivity index (χ2v) is 5.57. The lowest BCUT2D eigenvalue weighted by Gasteiger charge is -2.14. The summed E-state index contributed by atoms with van der Waals surface area (Å²) in [5.74, 6) is 1.31. The predicted molar refractivity (Wildman–Crippen MR) is 81.0 cm³/mol. The number of hydrogen-bond donors (Lipinski definition) is 1. The third kappa shape index (κ3) is 2.86. The number of nitrogens with zero attached hydrogens (tertiary/aromatic N) is 2. The largest absolute Gasteiger partial charge is 0.497 e. The quantitative estimate of drug-likeness (QED) is 0.787. The Balaban J connectivity index is 1.81. The Bertz CT molecular complexity index is 720. The van der Waals surface area contributed by atoms with E-state index < -0.39 is 6.10 Å². The highest BCUT2D eigenvalue weighted by atomic mass is 32.1. The molecule has 0 radical (unpaired) electrons. The van der Waals surface area contributed by atoms with Crippen molar-refractivity contribution in [3.8, 4) is 11.5 Å². The molecular formula is C15H16N2O3S. The Hall–Kier alpha value is -2.05. The van der Waals surface area contributed by atoms with Crippen LogP contribution in [-0.2, 0) is 6.61 Å². The molecule has 0 fully saturated rings. The van der Waals surface area contributed by atoms with Gasteiger partial charge < -0.3 is 14.6 Å². The molecule has 3 aromatic rings. The first-order chi connectivity index (χ1) is 10.2. The van der Waals surface area contributed by atoms with Gasteiger partial charge in [-0.2, -0.15) is 0 Å². The second-order valence-electron chi connectivity index (χ2n) is 4.69. The molecule has 0 amide bonds.